The van der Waals surface area contributed by atoms with Crippen LogP contribution in [0.1, 0.15) is 30.6 Å². The van der Waals surface area contributed by atoms with Crippen molar-refractivity contribution >= 4 is 23.0 Å². The SMILES string of the molecule is CC/C=C/n1cc(-c2cc(OC)c(C(=O)N3CCN(CC)CC3)cc2OC)c2cc[nH]c2c1=O. The first-order valence-electron chi connectivity index (χ1n) is 11.7. The van der Waals surface area contributed by atoms with Crippen LogP contribution in [0.2, 0.25) is 0 Å². The Morgan fingerprint density at radius 3 is 2.44 bits per heavy atom. The van der Waals surface area contributed by atoms with Crippen molar-refractivity contribution in [2.24, 2.45) is 0 Å². The van der Waals surface area contributed by atoms with E-state index in [0.717, 1.165) is 42.6 Å². The highest BCUT2D eigenvalue weighted by atomic mass is 16.5. The van der Waals surface area contributed by atoms with E-state index in [4.69, 9.17) is 9.47 Å². The van der Waals surface area contributed by atoms with Gasteiger partial charge in [-0.25, -0.2) is 0 Å². The molecular formula is C26H32N4O4. The molecule has 1 aromatic carbocycles. The van der Waals surface area contributed by atoms with Crippen LogP contribution in [-0.4, -0.2) is 72.2 Å². The molecule has 0 unspecified atom stereocenters. The Labute approximate surface area is 199 Å². The number of methoxy groups -OCH3 is 2. The zero-order chi connectivity index (χ0) is 24.2. The summed E-state index contributed by atoms with van der Waals surface area (Å²) in [6.07, 6.45) is 8.06. The number of aromatic amines is 1. The number of nitrogens with zero attached hydrogens (tertiary/aromatic N) is 3. The summed E-state index contributed by atoms with van der Waals surface area (Å²) in [7, 11) is 3.15. The van der Waals surface area contributed by atoms with Crippen LogP contribution in [0.4, 0.5) is 0 Å². The lowest BCUT2D eigenvalue weighted by molar-refractivity contribution is 0.0640. The number of benzene rings is 1. The quantitative estimate of drug-likeness (QED) is 0.577. The molecule has 8 nitrogen and oxygen atoms in total. The van der Waals surface area contributed by atoms with Gasteiger partial charge in [0.15, 0.2) is 0 Å². The summed E-state index contributed by atoms with van der Waals surface area (Å²) in [5.74, 6) is 0.952. The molecule has 0 saturated carbocycles. The molecule has 0 atom stereocenters. The number of amides is 1. The minimum atomic E-state index is -0.127. The molecule has 180 valence electrons. The molecule has 1 amide bonds. The van der Waals surface area contributed by atoms with Gasteiger partial charge >= 0.3 is 0 Å². The van der Waals surface area contributed by atoms with E-state index < -0.39 is 0 Å². The molecule has 1 saturated heterocycles. The fourth-order valence-corrected chi connectivity index (χ4v) is 4.42. The monoisotopic (exact) mass is 464 g/mol. The standard InChI is InChI=1S/C26H32N4O4/c1-5-7-10-30-17-21(18-8-9-27-24(18)26(30)32)19-15-23(34-4)20(16-22(19)33-3)25(31)29-13-11-28(6-2)12-14-29/h7-10,15-17,27H,5-6,11-14H2,1-4H3/b10-7+. The van der Waals surface area contributed by atoms with Crippen molar-refractivity contribution in [1.29, 1.82) is 0 Å². The number of fused-ring (bicyclic) bond motifs is 1. The second-order valence-electron chi connectivity index (χ2n) is 8.29. The predicted octanol–water partition coefficient (Wildman–Crippen LogP) is 3.67. The highest BCUT2D eigenvalue weighted by Gasteiger charge is 2.26. The van der Waals surface area contributed by atoms with Gasteiger partial charge in [-0.15, -0.1) is 0 Å². The number of pyridine rings is 1. The van der Waals surface area contributed by atoms with Crippen molar-refractivity contribution in [2.45, 2.75) is 20.3 Å². The fourth-order valence-electron chi connectivity index (χ4n) is 4.42. The Morgan fingerprint density at radius 1 is 1.06 bits per heavy atom. The molecule has 8 heteroatoms. The van der Waals surface area contributed by atoms with Crippen molar-refractivity contribution in [3.63, 3.8) is 0 Å². The van der Waals surface area contributed by atoms with Gasteiger partial charge < -0.3 is 24.3 Å². The molecule has 3 aromatic rings. The number of aromatic nitrogens is 2. The summed E-state index contributed by atoms with van der Waals surface area (Å²) in [6, 6.07) is 5.45. The number of ether oxygens (including phenoxy) is 2. The topological polar surface area (TPSA) is 79.8 Å². The third kappa shape index (κ3) is 4.33. The van der Waals surface area contributed by atoms with E-state index >= 15 is 0 Å². The molecule has 1 aliphatic heterocycles. The number of likely N-dealkylation sites (N-methyl/N-ethyl adjacent to an activating group) is 1. The first kappa shape index (κ1) is 23.6. The Bertz CT molecular complexity index is 1270. The molecule has 3 heterocycles. The minimum Gasteiger partial charge on any atom is -0.496 e. The number of carbonyl (C=O) groups is 1. The van der Waals surface area contributed by atoms with Crippen LogP contribution in [-0.2, 0) is 0 Å². The van der Waals surface area contributed by atoms with E-state index in [1.54, 1.807) is 43.4 Å². The third-order valence-electron chi connectivity index (χ3n) is 6.40. The van der Waals surface area contributed by atoms with Gasteiger partial charge in [0.1, 0.15) is 17.0 Å². The molecule has 1 N–H and O–H groups in total. The molecule has 0 spiro atoms. The zero-order valence-electron chi connectivity index (χ0n) is 20.3. The molecule has 1 aliphatic rings. The molecule has 0 aliphatic carbocycles. The van der Waals surface area contributed by atoms with Gasteiger partial charge in [0.25, 0.3) is 11.5 Å². The van der Waals surface area contributed by atoms with Crippen LogP contribution >= 0.6 is 0 Å². The summed E-state index contributed by atoms with van der Waals surface area (Å²) in [5.41, 5.74) is 2.40. The number of piperazine rings is 1. The van der Waals surface area contributed by atoms with E-state index in [1.807, 2.05) is 30.0 Å². The van der Waals surface area contributed by atoms with Crippen molar-refractivity contribution in [3.05, 3.63) is 52.6 Å². The molecule has 34 heavy (non-hydrogen) atoms. The summed E-state index contributed by atoms with van der Waals surface area (Å²) < 4.78 is 13.0. The van der Waals surface area contributed by atoms with E-state index in [9.17, 15) is 9.59 Å². The number of hydrogen-bond donors (Lipinski definition) is 1. The predicted molar refractivity (Wildman–Crippen MR) is 135 cm³/mol. The van der Waals surface area contributed by atoms with Crippen LogP contribution < -0.4 is 15.0 Å². The fraction of sp³-hybridized carbons (Fsp3) is 0.385. The number of hydrogen-bond acceptors (Lipinski definition) is 5. The summed E-state index contributed by atoms with van der Waals surface area (Å²) in [6.45, 7) is 8.21. The number of H-pyrrole nitrogens is 1. The Morgan fingerprint density at radius 2 is 1.79 bits per heavy atom. The Hall–Kier alpha value is -3.52. The van der Waals surface area contributed by atoms with Gasteiger partial charge in [-0.3, -0.25) is 14.2 Å². The van der Waals surface area contributed by atoms with Crippen molar-refractivity contribution in [1.82, 2.24) is 19.4 Å². The van der Waals surface area contributed by atoms with Gasteiger partial charge in [0.2, 0.25) is 0 Å². The first-order valence-corrected chi connectivity index (χ1v) is 11.7. The second kappa shape index (κ2) is 10.2. The average molecular weight is 465 g/mol. The smallest absolute Gasteiger partial charge is 0.278 e. The van der Waals surface area contributed by atoms with Crippen molar-refractivity contribution < 1.29 is 14.3 Å². The van der Waals surface area contributed by atoms with E-state index in [1.165, 1.54) is 0 Å². The van der Waals surface area contributed by atoms with Crippen LogP contribution in [0.15, 0.2) is 41.5 Å². The second-order valence-corrected chi connectivity index (χ2v) is 8.29. The highest BCUT2D eigenvalue weighted by molar-refractivity contribution is 6.01. The van der Waals surface area contributed by atoms with Crippen LogP contribution in [0.5, 0.6) is 11.5 Å². The lowest BCUT2D eigenvalue weighted by Crippen LogP contribution is -2.48. The lowest BCUT2D eigenvalue weighted by Gasteiger charge is -2.34. The van der Waals surface area contributed by atoms with Crippen LogP contribution in [0.3, 0.4) is 0 Å². The number of nitrogens with one attached hydrogen (secondary N) is 1. The van der Waals surface area contributed by atoms with Gasteiger partial charge in [-0.05, 0) is 31.2 Å². The van der Waals surface area contributed by atoms with Gasteiger partial charge in [-0.1, -0.05) is 19.9 Å². The van der Waals surface area contributed by atoms with E-state index in [0.29, 0.717) is 35.7 Å². The maximum Gasteiger partial charge on any atom is 0.278 e. The normalized spacial score (nSPS) is 14.8. The molecule has 0 bridgehead atoms. The van der Waals surface area contributed by atoms with Crippen molar-refractivity contribution in [2.75, 3.05) is 46.9 Å². The summed E-state index contributed by atoms with van der Waals surface area (Å²) >= 11 is 0. The van der Waals surface area contributed by atoms with Gasteiger partial charge in [0, 0.05) is 61.3 Å². The third-order valence-corrected chi connectivity index (χ3v) is 6.40. The molecular weight excluding hydrogens is 432 g/mol. The summed E-state index contributed by atoms with van der Waals surface area (Å²) in [4.78, 5) is 33.5. The van der Waals surface area contributed by atoms with E-state index in [-0.39, 0.29) is 11.5 Å². The largest absolute Gasteiger partial charge is 0.496 e. The highest BCUT2D eigenvalue weighted by Crippen LogP contribution is 2.39. The van der Waals surface area contributed by atoms with E-state index in [2.05, 4.69) is 16.8 Å². The van der Waals surface area contributed by atoms with Crippen LogP contribution in [0.25, 0.3) is 28.2 Å². The van der Waals surface area contributed by atoms with Gasteiger partial charge in [-0.2, -0.15) is 0 Å². The molecule has 1 fully saturated rings. The Kier molecular flexibility index (Phi) is 7.07. The number of carbonyl (C=O) groups excluding carboxylic acids is 1. The first-order chi connectivity index (χ1) is 16.5. The average Bonchev–Trinajstić information content (AvgIpc) is 3.38. The Balaban J connectivity index is 1.82. The summed E-state index contributed by atoms with van der Waals surface area (Å²) in [5, 5.41) is 0.779. The van der Waals surface area contributed by atoms with Crippen molar-refractivity contribution in [3.8, 4) is 22.6 Å². The van der Waals surface area contributed by atoms with Gasteiger partial charge in [0.05, 0.1) is 19.8 Å². The molecule has 0 radical (unpaired) electrons. The lowest BCUT2D eigenvalue weighted by atomic mass is 9.99. The molecule has 4 rings (SSSR count). The maximum absolute atomic E-state index is 13.4. The molecule has 2 aromatic heterocycles. The number of rotatable bonds is 7. The maximum atomic E-state index is 13.4. The number of allylic oxidation sites excluding steroid dienone is 1. The van der Waals surface area contributed by atoms with Crippen LogP contribution in [0, 0.1) is 0 Å². The minimum absolute atomic E-state index is 0.0694. The zero-order valence-corrected chi connectivity index (χ0v) is 20.3.